The van der Waals surface area contributed by atoms with Crippen LogP contribution in [0.1, 0.15) is 27.5 Å². The van der Waals surface area contributed by atoms with Crippen LogP contribution in [0.15, 0.2) is 84.0 Å². The van der Waals surface area contributed by atoms with Crippen LogP contribution in [0, 0.1) is 13.8 Å². The van der Waals surface area contributed by atoms with Crippen LogP contribution < -0.4 is 5.32 Å². The molecule has 1 unspecified atom stereocenters. The lowest BCUT2D eigenvalue weighted by molar-refractivity contribution is -0.116. The predicted molar refractivity (Wildman–Crippen MR) is 119 cm³/mol. The average molecular weight is 421 g/mol. The molecular formula is C24H24N2O3S. The number of hydrogen-bond acceptors (Lipinski definition) is 4. The molecule has 1 amide bonds. The Bertz CT molecular complexity index is 1120. The molecule has 0 spiro atoms. The summed E-state index contributed by atoms with van der Waals surface area (Å²) in [6.45, 7) is 3.84. The molecule has 154 valence electrons. The molecule has 3 rings (SSSR count). The fourth-order valence-electron chi connectivity index (χ4n) is 2.97. The lowest BCUT2D eigenvalue weighted by Crippen LogP contribution is -2.31. The fraction of sp³-hybridized carbons (Fsp3) is 0.167. The van der Waals surface area contributed by atoms with E-state index in [0.717, 1.165) is 16.7 Å². The van der Waals surface area contributed by atoms with E-state index in [-0.39, 0.29) is 17.3 Å². The summed E-state index contributed by atoms with van der Waals surface area (Å²) in [4.78, 5) is 16.6. The molecule has 0 aliphatic rings. The molecule has 0 bridgehead atoms. The summed E-state index contributed by atoms with van der Waals surface area (Å²) < 4.78 is 26.5. The van der Waals surface area contributed by atoms with Crippen LogP contribution in [-0.4, -0.2) is 25.9 Å². The van der Waals surface area contributed by atoms with Gasteiger partial charge >= 0.3 is 0 Å². The first-order valence-corrected chi connectivity index (χ1v) is 11.1. The Morgan fingerprint density at radius 1 is 1.00 bits per heavy atom. The molecule has 2 aromatic carbocycles. The minimum Gasteiger partial charge on any atom is -0.351 e. The number of hydrogen-bond donors (Lipinski definition) is 1. The lowest BCUT2D eigenvalue weighted by atomic mass is 10.1. The number of amides is 1. The zero-order valence-electron chi connectivity index (χ0n) is 16.9. The van der Waals surface area contributed by atoms with Crippen LogP contribution in [-0.2, 0) is 14.6 Å². The number of sulfone groups is 1. The maximum absolute atomic E-state index is 13.3. The van der Waals surface area contributed by atoms with E-state index in [0.29, 0.717) is 5.56 Å². The third-order valence-corrected chi connectivity index (χ3v) is 6.86. The second kappa shape index (κ2) is 9.50. The van der Waals surface area contributed by atoms with Crippen LogP contribution >= 0.6 is 0 Å². The SMILES string of the molecule is Cc1ccc(/C=C/C(=O)NCC(c2cccnc2)S(=O)(=O)c2ccc(C)cc2)cc1. The Morgan fingerprint density at radius 3 is 2.23 bits per heavy atom. The first kappa shape index (κ1) is 21.5. The minimum absolute atomic E-state index is 0.0566. The van der Waals surface area contributed by atoms with Crippen LogP contribution in [0.2, 0.25) is 0 Å². The number of benzene rings is 2. The van der Waals surface area contributed by atoms with Crippen molar-refractivity contribution in [3.8, 4) is 0 Å². The summed E-state index contributed by atoms with van der Waals surface area (Å²) in [7, 11) is -3.72. The van der Waals surface area contributed by atoms with Gasteiger partial charge in [-0.2, -0.15) is 0 Å². The second-order valence-corrected chi connectivity index (χ2v) is 9.25. The van der Waals surface area contributed by atoms with E-state index in [2.05, 4.69) is 10.3 Å². The van der Waals surface area contributed by atoms with E-state index in [9.17, 15) is 13.2 Å². The van der Waals surface area contributed by atoms with Crippen LogP contribution in [0.5, 0.6) is 0 Å². The Labute approximate surface area is 177 Å². The smallest absolute Gasteiger partial charge is 0.244 e. The highest BCUT2D eigenvalue weighted by Crippen LogP contribution is 2.28. The molecule has 1 atom stereocenters. The third-order valence-electron chi connectivity index (χ3n) is 4.75. The molecule has 0 saturated heterocycles. The molecule has 0 aliphatic carbocycles. The number of rotatable bonds is 7. The molecule has 0 saturated carbocycles. The van der Waals surface area contributed by atoms with Gasteiger partial charge in [0.2, 0.25) is 5.91 Å². The molecule has 0 radical (unpaired) electrons. The third kappa shape index (κ3) is 5.42. The number of aromatic nitrogens is 1. The van der Waals surface area contributed by atoms with Crippen molar-refractivity contribution in [2.75, 3.05) is 6.54 Å². The van der Waals surface area contributed by atoms with E-state index < -0.39 is 15.1 Å². The molecule has 5 nitrogen and oxygen atoms in total. The van der Waals surface area contributed by atoms with Crippen LogP contribution in [0.3, 0.4) is 0 Å². The van der Waals surface area contributed by atoms with Gasteiger partial charge in [-0.25, -0.2) is 8.42 Å². The average Bonchev–Trinajstić information content (AvgIpc) is 2.74. The summed E-state index contributed by atoms with van der Waals surface area (Å²) in [5.74, 6) is -0.358. The lowest BCUT2D eigenvalue weighted by Gasteiger charge is -2.18. The second-order valence-electron chi connectivity index (χ2n) is 7.12. The zero-order valence-corrected chi connectivity index (χ0v) is 17.8. The quantitative estimate of drug-likeness (QED) is 0.585. The number of nitrogens with one attached hydrogen (secondary N) is 1. The van der Waals surface area contributed by atoms with Gasteiger partial charge in [0.1, 0.15) is 5.25 Å². The molecule has 1 heterocycles. The Hall–Kier alpha value is -3.25. The van der Waals surface area contributed by atoms with Crippen LogP contribution in [0.4, 0.5) is 0 Å². The first-order chi connectivity index (χ1) is 14.4. The predicted octanol–water partition coefficient (Wildman–Crippen LogP) is 4.04. The van der Waals surface area contributed by atoms with Gasteiger partial charge in [0, 0.05) is 25.0 Å². The van der Waals surface area contributed by atoms with Crippen molar-refractivity contribution in [3.05, 3.63) is 101 Å². The Morgan fingerprint density at radius 2 is 1.63 bits per heavy atom. The topological polar surface area (TPSA) is 76.1 Å². The highest BCUT2D eigenvalue weighted by Gasteiger charge is 2.29. The van der Waals surface area contributed by atoms with Crippen molar-refractivity contribution in [3.63, 3.8) is 0 Å². The number of nitrogens with zero attached hydrogens (tertiary/aromatic N) is 1. The maximum Gasteiger partial charge on any atom is 0.244 e. The highest BCUT2D eigenvalue weighted by molar-refractivity contribution is 7.91. The van der Waals surface area contributed by atoms with E-state index in [4.69, 9.17) is 0 Å². The number of aryl methyl sites for hydroxylation is 2. The van der Waals surface area contributed by atoms with E-state index in [1.807, 2.05) is 38.1 Å². The van der Waals surface area contributed by atoms with Gasteiger partial charge in [0.25, 0.3) is 0 Å². The summed E-state index contributed by atoms with van der Waals surface area (Å²) in [6, 6.07) is 17.9. The van der Waals surface area contributed by atoms with Crippen molar-refractivity contribution in [2.24, 2.45) is 0 Å². The van der Waals surface area contributed by atoms with Gasteiger partial charge in [0.05, 0.1) is 4.90 Å². The Kier molecular flexibility index (Phi) is 6.79. The molecule has 1 N–H and O–H groups in total. The summed E-state index contributed by atoms with van der Waals surface area (Å²) in [5, 5.41) is 1.78. The van der Waals surface area contributed by atoms with Gasteiger partial charge in [-0.15, -0.1) is 0 Å². The van der Waals surface area contributed by atoms with Crippen molar-refractivity contribution < 1.29 is 13.2 Å². The molecule has 0 fully saturated rings. The molecule has 30 heavy (non-hydrogen) atoms. The van der Waals surface area contributed by atoms with Crippen molar-refractivity contribution in [1.29, 1.82) is 0 Å². The van der Waals surface area contributed by atoms with Gasteiger partial charge < -0.3 is 5.32 Å². The monoisotopic (exact) mass is 420 g/mol. The van der Waals surface area contributed by atoms with Gasteiger partial charge in [0.15, 0.2) is 9.84 Å². The molecule has 3 aromatic rings. The van der Waals surface area contributed by atoms with E-state index >= 15 is 0 Å². The summed E-state index contributed by atoms with van der Waals surface area (Å²) in [5.41, 5.74) is 3.53. The van der Waals surface area contributed by atoms with E-state index in [1.54, 1.807) is 48.7 Å². The normalized spacial score (nSPS) is 12.6. The molecular weight excluding hydrogens is 396 g/mol. The van der Waals surface area contributed by atoms with Crippen molar-refractivity contribution >= 4 is 21.8 Å². The number of carbonyl (C=O) groups is 1. The van der Waals surface area contributed by atoms with Gasteiger partial charge in [-0.1, -0.05) is 53.6 Å². The highest BCUT2D eigenvalue weighted by atomic mass is 32.2. The molecule has 6 heteroatoms. The van der Waals surface area contributed by atoms with Crippen LogP contribution in [0.25, 0.3) is 6.08 Å². The zero-order chi connectivity index (χ0) is 21.6. The molecule has 0 aliphatic heterocycles. The standard InChI is InChI=1S/C24H24N2O3S/c1-18-5-9-20(10-6-18)11-14-24(27)26-17-23(21-4-3-15-25-16-21)30(28,29)22-12-7-19(2)8-13-22/h3-16,23H,17H2,1-2H3,(H,26,27)/b14-11+. The molecule has 1 aromatic heterocycles. The summed E-state index contributed by atoms with van der Waals surface area (Å²) >= 11 is 0. The van der Waals surface area contributed by atoms with Crippen molar-refractivity contribution in [2.45, 2.75) is 24.0 Å². The number of pyridine rings is 1. The van der Waals surface area contributed by atoms with Gasteiger partial charge in [-0.3, -0.25) is 9.78 Å². The summed E-state index contributed by atoms with van der Waals surface area (Å²) in [6.07, 6.45) is 6.21. The van der Waals surface area contributed by atoms with Gasteiger partial charge in [-0.05, 0) is 49.2 Å². The van der Waals surface area contributed by atoms with Crippen molar-refractivity contribution in [1.82, 2.24) is 10.3 Å². The Balaban J connectivity index is 1.79. The largest absolute Gasteiger partial charge is 0.351 e. The number of carbonyl (C=O) groups excluding carboxylic acids is 1. The minimum atomic E-state index is -3.72. The first-order valence-electron chi connectivity index (χ1n) is 9.59. The fourth-order valence-corrected chi connectivity index (χ4v) is 4.61. The van der Waals surface area contributed by atoms with E-state index in [1.165, 1.54) is 12.3 Å². The maximum atomic E-state index is 13.3.